The smallest absolute Gasteiger partial charge is 0.462 e. The lowest BCUT2D eigenvalue weighted by Gasteiger charge is -2.20. The molecule has 1 aliphatic rings. The van der Waals surface area contributed by atoms with E-state index in [2.05, 4.69) is 42.7 Å². The number of ketones is 1. The molecule has 0 aliphatic heterocycles. The van der Waals surface area contributed by atoms with Crippen molar-refractivity contribution >= 4 is 25.5 Å². The Morgan fingerprint density at radius 3 is 2.07 bits per heavy atom. The number of unbranched alkanes of at least 4 members (excludes halogenated alkanes) is 12. The van der Waals surface area contributed by atoms with E-state index in [1.807, 2.05) is 12.2 Å². The van der Waals surface area contributed by atoms with Crippen molar-refractivity contribution < 1.29 is 62.8 Å². The molecule has 0 bridgehead atoms. The fraction of sp³-hybridized carbons (Fsp3) is 0.750. The van der Waals surface area contributed by atoms with Gasteiger partial charge in [-0.25, -0.2) is 4.57 Å². The molecule has 14 heteroatoms. The first-order valence-electron chi connectivity index (χ1n) is 21.7. The molecule has 0 aromatic heterocycles. The molecule has 0 radical (unpaired) electrons. The Labute approximate surface area is 347 Å². The molecule has 7 atom stereocenters. The molecule has 13 nitrogen and oxygen atoms in total. The van der Waals surface area contributed by atoms with Crippen LogP contribution in [0.5, 0.6) is 0 Å². The van der Waals surface area contributed by atoms with Crippen molar-refractivity contribution in [2.45, 2.75) is 173 Å². The normalized spacial score (nSPS) is 20.1. The number of allylic oxidation sites excluding steroid dienone is 7. The maximum atomic E-state index is 12.7. The average Bonchev–Trinajstić information content (AvgIpc) is 3.47. The SMILES string of the molecule is CCCCCC/C=C\C=C/CCCCCCCC(=O)OC[C@H](COP(=O)(O)OC[C@@H](O)CO)OC(=O)CCC/C=C\C[C@H]1[C@@H](O)CC(=O)[C@@H]1/C=C/[C@@H](O)CCCCC. The first kappa shape index (κ1) is 53.5. The third-order valence-electron chi connectivity index (χ3n) is 9.86. The topological polar surface area (TPSA) is 206 Å². The van der Waals surface area contributed by atoms with Crippen LogP contribution in [0.3, 0.4) is 0 Å². The van der Waals surface area contributed by atoms with Crippen LogP contribution in [0.25, 0.3) is 0 Å². The van der Waals surface area contributed by atoms with Crippen LogP contribution < -0.4 is 0 Å². The first-order valence-corrected chi connectivity index (χ1v) is 23.2. The van der Waals surface area contributed by atoms with Gasteiger partial charge in [0.2, 0.25) is 0 Å². The van der Waals surface area contributed by atoms with E-state index in [0.717, 1.165) is 57.8 Å². The molecule has 334 valence electrons. The molecule has 1 rings (SSSR count). The molecule has 0 amide bonds. The Bertz CT molecular complexity index is 1270. The van der Waals surface area contributed by atoms with Crippen LogP contribution in [-0.2, 0) is 37.5 Å². The highest BCUT2D eigenvalue weighted by atomic mass is 31.2. The summed E-state index contributed by atoms with van der Waals surface area (Å²) in [6, 6.07) is 0. The predicted molar refractivity (Wildman–Crippen MR) is 225 cm³/mol. The Morgan fingerprint density at radius 1 is 0.776 bits per heavy atom. The van der Waals surface area contributed by atoms with Crippen LogP contribution >= 0.6 is 7.82 Å². The highest BCUT2D eigenvalue weighted by Crippen LogP contribution is 2.43. The van der Waals surface area contributed by atoms with Crippen LogP contribution in [0, 0.1) is 11.8 Å². The van der Waals surface area contributed by atoms with Crippen molar-refractivity contribution in [2.24, 2.45) is 11.8 Å². The lowest BCUT2D eigenvalue weighted by molar-refractivity contribution is -0.161. The number of aliphatic hydroxyl groups excluding tert-OH is 4. The molecule has 0 aromatic rings. The average molecular weight is 843 g/mol. The quantitative estimate of drug-likeness (QED) is 0.0134. The van der Waals surface area contributed by atoms with Crippen LogP contribution in [0.15, 0.2) is 48.6 Å². The molecule has 58 heavy (non-hydrogen) atoms. The van der Waals surface area contributed by atoms with Gasteiger partial charge in [0.25, 0.3) is 0 Å². The number of phosphoric ester groups is 1. The van der Waals surface area contributed by atoms with E-state index >= 15 is 0 Å². The van der Waals surface area contributed by atoms with E-state index in [4.69, 9.17) is 19.1 Å². The number of carbonyl (C=O) groups is 3. The monoisotopic (exact) mass is 842 g/mol. The van der Waals surface area contributed by atoms with Crippen LogP contribution in [0.2, 0.25) is 0 Å². The minimum atomic E-state index is -4.70. The van der Waals surface area contributed by atoms with E-state index in [1.54, 1.807) is 12.2 Å². The van der Waals surface area contributed by atoms with Gasteiger partial charge in [0.15, 0.2) is 6.10 Å². The largest absolute Gasteiger partial charge is 0.472 e. The van der Waals surface area contributed by atoms with Gasteiger partial charge in [-0.1, -0.05) is 120 Å². The Balaban J connectivity index is 2.51. The number of ether oxygens (including phenoxy) is 2. The molecule has 1 fully saturated rings. The highest BCUT2D eigenvalue weighted by Gasteiger charge is 2.39. The zero-order valence-corrected chi connectivity index (χ0v) is 36.1. The summed E-state index contributed by atoms with van der Waals surface area (Å²) in [4.78, 5) is 47.7. The molecule has 5 N–H and O–H groups in total. The summed E-state index contributed by atoms with van der Waals surface area (Å²) in [6.07, 6.45) is 28.7. The minimum Gasteiger partial charge on any atom is -0.462 e. The lowest BCUT2D eigenvalue weighted by atomic mass is 9.90. The molecule has 1 saturated carbocycles. The van der Waals surface area contributed by atoms with E-state index < -0.39 is 76.5 Å². The van der Waals surface area contributed by atoms with Gasteiger partial charge in [-0.15, -0.1) is 0 Å². The van der Waals surface area contributed by atoms with Gasteiger partial charge in [0.05, 0.1) is 32.0 Å². The van der Waals surface area contributed by atoms with Crippen LogP contribution in [-0.4, -0.2) is 93.9 Å². The summed E-state index contributed by atoms with van der Waals surface area (Å²) in [5.41, 5.74) is 0. The fourth-order valence-electron chi connectivity index (χ4n) is 6.38. The van der Waals surface area contributed by atoms with E-state index in [1.165, 1.54) is 25.7 Å². The fourth-order valence-corrected chi connectivity index (χ4v) is 7.17. The van der Waals surface area contributed by atoms with Gasteiger partial charge in [0.1, 0.15) is 18.5 Å². The number of esters is 2. The van der Waals surface area contributed by atoms with Crippen molar-refractivity contribution in [1.82, 2.24) is 0 Å². The highest BCUT2D eigenvalue weighted by molar-refractivity contribution is 7.47. The van der Waals surface area contributed by atoms with Crippen molar-refractivity contribution in [3.05, 3.63) is 48.6 Å². The van der Waals surface area contributed by atoms with Gasteiger partial charge >= 0.3 is 19.8 Å². The van der Waals surface area contributed by atoms with Crippen LogP contribution in [0.4, 0.5) is 0 Å². The maximum absolute atomic E-state index is 12.7. The van der Waals surface area contributed by atoms with Crippen LogP contribution in [0.1, 0.15) is 149 Å². The number of hydrogen-bond acceptors (Lipinski definition) is 12. The molecule has 0 aromatic carbocycles. The third kappa shape index (κ3) is 28.1. The second-order valence-corrected chi connectivity index (χ2v) is 16.6. The molecule has 0 heterocycles. The summed E-state index contributed by atoms with van der Waals surface area (Å²) in [5.74, 6) is -1.97. The summed E-state index contributed by atoms with van der Waals surface area (Å²) in [5, 5.41) is 39.1. The number of Topliss-reactive ketones (excluding diaryl/α,β-unsaturated/α-hetero) is 1. The van der Waals surface area contributed by atoms with Gasteiger partial charge in [-0.3, -0.25) is 23.4 Å². The summed E-state index contributed by atoms with van der Waals surface area (Å²) >= 11 is 0. The summed E-state index contributed by atoms with van der Waals surface area (Å²) in [7, 11) is -4.70. The zero-order chi connectivity index (χ0) is 42.9. The van der Waals surface area contributed by atoms with Crippen molar-refractivity contribution in [2.75, 3.05) is 26.4 Å². The first-order chi connectivity index (χ1) is 27.9. The molecular weight excluding hydrogens is 767 g/mol. The maximum Gasteiger partial charge on any atom is 0.472 e. The second-order valence-electron chi connectivity index (χ2n) is 15.2. The molecule has 1 unspecified atom stereocenters. The van der Waals surface area contributed by atoms with Gasteiger partial charge in [-0.05, 0) is 57.8 Å². The lowest BCUT2D eigenvalue weighted by Crippen LogP contribution is -2.29. The predicted octanol–water partition coefficient (Wildman–Crippen LogP) is 7.92. The van der Waals surface area contributed by atoms with E-state index in [0.29, 0.717) is 32.1 Å². The number of phosphoric acid groups is 1. The zero-order valence-electron chi connectivity index (χ0n) is 35.2. The number of rotatable bonds is 36. The summed E-state index contributed by atoms with van der Waals surface area (Å²) < 4.78 is 32.6. The number of carbonyl (C=O) groups excluding carboxylic acids is 3. The Hall–Kier alpha value is -2.48. The van der Waals surface area contributed by atoms with Gasteiger partial charge < -0.3 is 34.8 Å². The molecular formula is C44H75O13P. The van der Waals surface area contributed by atoms with Crippen molar-refractivity contribution in [1.29, 1.82) is 0 Å². The molecule has 1 aliphatic carbocycles. The second kappa shape index (κ2) is 34.3. The Morgan fingerprint density at radius 2 is 1.38 bits per heavy atom. The molecule has 0 spiro atoms. The number of hydrogen-bond donors (Lipinski definition) is 5. The number of aliphatic hydroxyl groups is 4. The van der Waals surface area contributed by atoms with Crippen molar-refractivity contribution in [3.63, 3.8) is 0 Å². The van der Waals surface area contributed by atoms with Crippen molar-refractivity contribution in [3.8, 4) is 0 Å². The van der Waals surface area contributed by atoms with E-state index in [9.17, 15) is 39.2 Å². The van der Waals surface area contributed by atoms with E-state index in [-0.39, 0.29) is 31.0 Å². The third-order valence-corrected chi connectivity index (χ3v) is 10.8. The van der Waals surface area contributed by atoms with Gasteiger partial charge in [0, 0.05) is 31.1 Å². The van der Waals surface area contributed by atoms with Gasteiger partial charge in [-0.2, -0.15) is 0 Å². The minimum absolute atomic E-state index is 0.0117. The summed E-state index contributed by atoms with van der Waals surface area (Å²) in [6.45, 7) is 1.91. The molecule has 0 saturated heterocycles. The standard InChI is InChI=1S/C44H75O13P/c1-3-5-7-8-9-10-11-12-13-14-15-16-17-18-23-27-43(50)54-34-38(35-56-58(52,53)55-33-37(47)32-45)57-44(51)28-24-20-19-22-26-39-40(42(49)31-41(39)48)30-29-36(46)25-21-6-4-2/h10-13,19,22,29-30,36-41,45-48H,3-9,14-18,20-21,23-28,31-35H2,1-2H3,(H,52,53)/b11-10-,13-12-,22-19-,30-29+/t36-,37-,38+,39+,40+,41-/m0/s1. The Kier molecular flexibility index (Phi) is 31.6.